The predicted molar refractivity (Wildman–Crippen MR) is 310 cm³/mol. The minimum absolute atomic E-state index is 0.0277. The van der Waals surface area contributed by atoms with E-state index in [0.29, 0.717) is 76.1 Å². The number of benzene rings is 8. The molecule has 0 aliphatic heterocycles. The highest BCUT2D eigenvalue weighted by atomic mass is 35.5. The number of halogens is 4. The smallest absolute Gasteiger partial charge is 0.237 e. The van der Waals surface area contributed by atoms with E-state index in [-0.39, 0.29) is 44.2 Å². The van der Waals surface area contributed by atoms with E-state index in [2.05, 4.69) is 20.0 Å². The average molecular weight is 1090 g/mol. The summed E-state index contributed by atoms with van der Waals surface area (Å²) in [6, 6.07) is 61.6. The van der Waals surface area contributed by atoms with Crippen molar-refractivity contribution >= 4 is 90.5 Å². The maximum absolute atomic E-state index is 12.2. The highest BCUT2D eigenvalue weighted by Gasteiger charge is 2.35. The van der Waals surface area contributed by atoms with Crippen molar-refractivity contribution in [2.45, 2.75) is 12.1 Å². The van der Waals surface area contributed by atoms with Crippen molar-refractivity contribution in [1.82, 2.24) is 29.1 Å². The second kappa shape index (κ2) is 20.7. The lowest BCUT2D eigenvalue weighted by Gasteiger charge is -2.27. The summed E-state index contributed by atoms with van der Waals surface area (Å²) < 4.78 is 4.30. The lowest BCUT2D eigenvalue weighted by molar-refractivity contribution is 0.475. The van der Waals surface area contributed by atoms with Crippen LogP contribution in [0.4, 0.5) is 0 Å². The van der Waals surface area contributed by atoms with Gasteiger partial charge in [-0.25, -0.2) is 9.83 Å². The van der Waals surface area contributed by atoms with Crippen LogP contribution in [-0.2, 0) is 0 Å². The number of phenols is 2. The minimum Gasteiger partial charge on any atom is -0.508 e. The number of hydrogen-bond donors (Lipinski definition) is 2. The summed E-state index contributed by atoms with van der Waals surface area (Å²) in [6.07, 6.45) is 3.12. The van der Waals surface area contributed by atoms with Crippen LogP contribution < -0.4 is 10.7 Å². The van der Waals surface area contributed by atoms with Crippen molar-refractivity contribution in [2.24, 2.45) is 0 Å². The topological polar surface area (TPSA) is 130 Å². The summed E-state index contributed by atoms with van der Waals surface area (Å²) in [5.41, 5.74) is 8.29. The van der Waals surface area contributed by atoms with Gasteiger partial charge in [-0.15, -0.1) is 0 Å². The molecule has 0 spiro atoms. The van der Waals surface area contributed by atoms with Gasteiger partial charge < -0.3 is 19.3 Å². The molecule has 10 nitrogen and oxygen atoms in total. The molecule has 0 bridgehead atoms. The number of nitriles is 1. The Morgan fingerprint density at radius 2 is 0.821 bits per heavy atom. The van der Waals surface area contributed by atoms with Crippen LogP contribution in [-0.4, -0.2) is 39.3 Å². The van der Waals surface area contributed by atoms with Gasteiger partial charge in [0.25, 0.3) is 0 Å². The van der Waals surface area contributed by atoms with Crippen molar-refractivity contribution in [1.29, 1.82) is 5.26 Å². The maximum atomic E-state index is 12.2. The van der Waals surface area contributed by atoms with E-state index in [0.717, 1.165) is 22.3 Å². The molecule has 0 atom stereocenters. The summed E-state index contributed by atoms with van der Waals surface area (Å²) >= 11 is 26.4. The Labute approximate surface area is 466 Å². The highest BCUT2D eigenvalue weighted by molar-refractivity contribution is 6.43. The van der Waals surface area contributed by atoms with Gasteiger partial charge in [-0.2, -0.15) is 5.26 Å². The molecule has 8 aromatic carbocycles. The van der Waals surface area contributed by atoms with Crippen LogP contribution >= 0.6 is 46.4 Å². The predicted octanol–water partition coefficient (Wildman–Crippen LogP) is 14.8. The van der Waals surface area contributed by atoms with Gasteiger partial charge in [-0.05, 0) is 106 Å². The number of hydrogen-bond acceptors (Lipinski definition) is 7. The molecule has 0 saturated heterocycles. The van der Waals surface area contributed by atoms with Crippen molar-refractivity contribution in [3.8, 4) is 40.1 Å². The number of nitrogens with zero attached hydrogens (tertiary/aromatic N) is 8. The molecule has 4 heterocycles. The fraction of sp³-hybridized carbons (Fsp3) is 0.0312. The highest BCUT2D eigenvalue weighted by Crippen LogP contribution is 2.43. The van der Waals surface area contributed by atoms with Crippen molar-refractivity contribution in [2.75, 3.05) is 0 Å². The normalized spacial score (nSPS) is 12.3. The molecule has 0 fully saturated rings. The van der Waals surface area contributed by atoms with Gasteiger partial charge in [-0.1, -0.05) is 168 Å². The first-order valence-corrected chi connectivity index (χ1v) is 26.0. The Morgan fingerprint density at radius 1 is 0.474 bits per heavy atom. The Morgan fingerprint density at radius 3 is 1.21 bits per heavy atom. The quantitative estimate of drug-likeness (QED) is 0.130. The van der Waals surface area contributed by atoms with Gasteiger partial charge in [0.2, 0.25) is 5.70 Å². The Kier molecular flexibility index (Phi) is 13.2. The van der Waals surface area contributed by atoms with Crippen LogP contribution in [0.3, 0.4) is 0 Å². The SMILES string of the molecule is [C-]#[N+]/C(c1cnc2cc(Cl)c(Cl)cc2n1)=c1\c2c(-c3ccc(O)cc3)n(C(c3ccccc3)c3ccccc3)/c(=C(/C#N)c3cnc4cc(Cl)c(Cl)cc4n3)c2c(-c2ccc(O)cc2)n1C(c1ccccc1)c1ccccc1. The van der Waals surface area contributed by atoms with Crippen molar-refractivity contribution < 1.29 is 10.2 Å². The largest absolute Gasteiger partial charge is 0.508 e. The fourth-order valence-corrected chi connectivity index (χ4v) is 11.1. The molecule has 0 unspecified atom stereocenters. The van der Waals surface area contributed by atoms with Crippen LogP contribution in [0, 0.1) is 17.9 Å². The fourth-order valence-electron chi connectivity index (χ4n) is 10.4. The second-order valence-corrected chi connectivity index (χ2v) is 20.0. The monoisotopic (exact) mass is 1090 g/mol. The zero-order valence-electron chi connectivity index (χ0n) is 40.8. The first-order chi connectivity index (χ1) is 38.1. The van der Waals surface area contributed by atoms with E-state index in [9.17, 15) is 22.0 Å². The molecule has 0 radical (unpaired) electrons. The molecule has 12 aromatic rings. The summed E-state index contributed by atoms with van der Waals surface area (Å²) in [4.78, 5) is 24.4. The van der Waals surface area contributed by atoms with E-state index in [1.807, 2.05) is 146 Å². The molecule has 0 amide bonds. The summed E-state index contributed by atoms with van der Waals surface area (Å²) in [5, 5.41) is 37.3. The third-order valence-corrected chi connectivity index (χ3v) is 15.2. The zero-order chi connectivity index (χ0) is 53.6. The molecule has 14 heteroatoms. The standard InChI is InChI=1S/C64H38Cl4N8O2/c1-70-58(55-36-72-51-31-47(66)49(68)33-53(51)74-55)64-57-56(61(41-22-26-43(77)27-23-41)76(64)60(39-18-10-4-11-19-39)40-20-12-5-13-21-40)63(45(34-69)54-35-71-50-30-46(65)48(67)32-52(50)73-54)75(62(57)42-24-28-44(78)29-25-42)59(37-14-6-2-7-15-37)38-16-8-3-9-17-38/h2-33,35-36,59-60,77-78H/b63-45-,64-58+. The lowest BCUT2D eigenvalue weighted by atomic mass is 9.96. The van der Waals surface area contributed by atoms with E-state index in [1.165, 1.54) is 0 Å². The third kappa shape index (κ3) is 8.83. The van der Waals surface area contributed by atoms with Crippen LogP contribution in [0.15, 0.2) is 207 Å². The van der Waals surface area contributed by atoms with Gasteiger partial charge in [0, 0.05) is 17.0 Å². The van der Waals surface area contributed by atoms with Crippen LogP contribution in [0.1, 0.15) is 45.7 Å². The first-order valence-electron chi connectivity index (χ1n) is 24.5. The molecule has 4 aromatic heterocycles. The van der Waals surface area contributed by atoms with E-state index in [1.54, 1.807) is 60.9 Å². The van der Waals surface area contributed by atoms with Gasteiger partial charge in [0.05, 0.1) is 94.8 Å². The van der Waals surface area contributed by atoms with Crippen molar-refractivity contribution in [3.05, 3.63) is 282 Å². The molecule has 0 aliphatic rings. The second-order valence-electron chi connectivity index (χ2n) is 18.4. The number of aromatic hydroxyl groups is 2. The van der Waals surface area contributed by atoms with Crippen molar-refractivity contribution in [3.63, 3.8) is 0 Å². The van der Waals surface area contributed by atoms with Crippen LogP contribution in [0.25, 0.3) is 71.5 Å². The van der Waals surface area contributed by atoms with Gasteiger partial charge in [-0.3, -0.25) is 15.0 Å². The summed E-state index contributed by atoms with van der Waals surface area (Å²) in [6.45, 7) is 9.46. The van der Waals surface area contributed by atoms with E-state index >= 15 is 0 Å². The number of fused-ring (bicyclic) bond motifs is 3. The molecule has 374 valence electrons. The average Bonchev–Trinajstić information content (AvgIpc) is 3.86. The molecule has 0 aliphatic carbocycles. The number of rotatable bonds is 10. The molecule has 78 heavy (non-hydrogen) atoms. The van der Waals surface area contributed by atoms with Gasteiger partial charge in [0.15, 0.2) is 0 Å². The molecule has 0 saturated carbocycles. The molecule has 2 N–H and O–H groups in total. The first kappa shape index (κ1) is 49.6. The summed E-state index contributed by atoms with van der Waals surface area (Å²) in [7, 11) is 0. The van der Waals surface area contributed by atoms with Crippen LogP contribution in [0.5, 0.6) is 11.5 Å². The van der Waals surface area contributed by atoms with Gasteiger partial charge in [0.1, 0.15) is 28.8 Å². The Bertz CT molecular complexity index is 4150. The Balaban J connectivity index is 1.44. The third-order valence-electron chi connectivity index (χ3n) is 13.8. The van der Waals surface area contributed by atoms with E-state index in [4.69, 9.17) is 66.3 Å². The molecule has 12 rings (SSSR count). The Hall–Kier alpha value is -9.26. The number of phenolic OH excluding ortho intramolecular Hbond substituents is 2. The lowest BCUT2D eigenvalue weighted by Crippen LogP contribution is -2.30. The van der Waals surface area contributed by atoms with Gasteiger partial charge >= 0.3 is 0 Å². The maximum Gasteiger partial charge on any atom is 0.237 e. The minimum atomic E-state index is -0.680. The summed E-state index contributed by atoms with van der Waals surface area (Å²) in [5.74, 6) is 0.0553. The van der Waals surface area contributed by atoms with E-state index < -0.39 is 12.1 Å². The molecular formula is C64H38Cl4N8O2. The van der Waals surface area contributed by atoms with Crippen LogP contribution in [0.2, 0.25) is 20.1 Å². The zero-order valence-corrected chi connectivity index (χ0v) is 43.8. The number of aromatic nitrogens is 6. The molecular weight excluding hydrogens is 1050 g/mol.